The van der Waals surface area contributed by atoms with Gasteiger partial charge >= 0.3 is 0 Å². The zero-order chi connectivity index (χ0) is 19.6. The van der Waals surface area contributed by atoms with Crippen molar-refractivity contribution in [2.24, 2.45) is 10.9 Å². The summed E-state index contributed by atoms with van der Waals surface area (Å²) in [6, 6.07) is 0. The first-order valence-electron chi connectivity index (χ1n) is 8.47. The lowest BCUT2D eigenvalue weighted by Gasteiger charge is -2.31. The van der Waals surface area contributed by atoms with Crippen molar-refractivity contribution in [1.82, 2.24) is 14.5 Å². The van der Waals surface area contributed by atoms with Crippen LogP contribution in [0.5, 0.6) is 0 Å². The number of methoxy groups -OCH3 is 1. The van der Waals surface area contributed by atoms with E-state index >= 15 is 0 Å². The average Bonchev–Trinajstić information content (AvgIpc) is 3.17. The fraction of sp³-hybridized carbons (Fsp3) is 0.562. The summed E-state index contributed by atoms with van der Waals surface area (Å²) in [4.78, 5) is 13.8. The van der Waals surface area contributed by atoms with E-state index in [2.05, 4.69) is 20.5 Å². The van der Waals surface area contributed by atoms with Crippen LogP contribution in [-0.4, -0.2) is 69.1 Å². The lowest BCUT2D eigenvalue weighted by molar-refractivity contribution is -0.118. The second kappa shape index (κ2) is 7.74. The Hall–Kier alpha value is -2.31. The van der Waals surface area contributed by atoms with E-state index in [4.69, 9.17) is 20.2 Å². The van der Waals surface area contributed by atoms with Gasteiger partial charge in [-0.15, -0.1) is 0 Å². The molecular formula is C16H24N6O5. The first-order chi connectivity index (χ1) is 13.0. The second-order valence-electron chi connectivity index (χ2n) is 6.27. The number of aliphatic hydroxyl groups is 2. The Labute approximate surface area is 155 Å². The molecule has 4 atom stereocenters. The maximum atomic E-state index is 10.6. The molecule has 0 saturated carbocycles. The zero-order valence-corrected chi connectivity index (χ0v) is 15.4. The van der Waals surface area contributed by atoms with Gasteiger partial charge in [-0.1, -0.05) is 0 Å². The molecule has 1 fully saturated rings. The van der Waals surface area contributed by atoms with Crippen molar-refractivity contribution in [2.45, 2.75) is 37.9 Å². The number of nitrogens with one attached hydrogen (secondary N) is 1. The third kappa shape index (κ3) is 3.13. The molecule has 3 heterocycles. The van der Waals surface area contributed by atoms with E-state index in [1.54, 1.807) is 17.7 Å². The molecule has 11 nitrogen and oxygen atoms in total. The number of fused-ring (bicyclic) bond motifs is 1. The lowest BCUT2D eigenvalue weighted by Crippen LogP contribution is -2.46. The standard InChI is InChI=1S/C16H24N6O5/c1-4-26-21-13-11-9(5-20-17)6-22(14(11)19-8-18-13)15-16(2,25-3)12(24)10(7-23)27-15/h5-6,8,10,12,15,23-24H,4,7,17H2,1-3H3,(H,18,19,21)/b20-5+/t10?,12?,15-,16?/m1/s1. The molecule has 3 rings (SSSR count). The summed E-state index contributed by atoms with van der Waals surface area (Å²) in [6.07, 6.45) is 1.96. The maximum Gasteiger partial charge on any atom is 0.167 e. The van der Waals surface area contributed by atoms with Crippen LogP contribution in [0.2, 0.25) is 0 Å². The normalized spacial score (nSPS) is 28.4. The van der Waals surface area contributed by atoms with Gasteiger partial charge in [0.05, 0.1) is 24.8 Å². The van der Waals surface area contributed by atoms with Crippen molar-refractivity contribution in [2.75, 3.05) is 25.8 Å². The van der Waals surface area contributed by atoms with Crippen LogP contribution in [0.3, 0.4) is 0 Å². The van der Waals surface area contributed by atoms with Crippen LogP contribution in [0.4, 0.5) is 5.82 Å². The molecular weight excluding hydrogens is 356 g/mol. The number of hydrazone groups is 1. The first-order valence-corrected chi connectivity index (χ1v) is 8.47. The minimum Gasteiger partial charge on any atom is -0.394 e. The minimum absolute atomic E-state index is 0.348. The molecule has 5 N–H and O–H groups in total. The van der Waals surface area contributed by atoms with Gasteiger partial charge in [0.2, 0.25) is 0 Å². The number of hydrogen-bond donors (Lipinski definition) is 4. The summed E-state index contributed by atoms with van der Waals surface area (Å²) in [5.41, 5.74) is 2.78. The highest BCUT2D eigenvalue weighted by atomic mass is 16.6. The Balaban J connectivity index is 2.17. The molecule has 1 aliphatic rings. The largest absolute Gasteiger partial charge is 0.394 e. The van der Waals surface area contributed by atoms with Gasteiger partial charge in [-0.25, -0.2) is 15.4 Å². The van der Waals surface area contributed by atoms with E-state index in [1.807, 2.05) is 6.92 Å². The monoisotopic (exact) mass is 380 g/mol. The average molecular weight is 380 g/mol. The smallest absolute Gasteiger partial charge is 0.167 e. The number of rotatable bonds is 7. The zero-order valence-electron chi connectivity index (χ0n) is 15.4. The van der Waals surface area contributed by atoms with Crippen molar-refractivity contribution < 1.29 is 24.5 Å². The Morgan fingerprint density at radius 1 is 1.52 bits per heavy atom. The highest BCUT2D eigenvalue weighted by Gasteiger charge is 2.54. The van der Waals surface area contributed by atoms with E-state index in [1.165, 1.54) is 19.7 Å². The fourth-order valence-electron chi connectivity index (χ4n) is 3.28. The van der Waals surface area contributed by atoms with Crippen LogP contribution in [-0.2, 0) is 14.3 Å². The second-order valence-corrected chi connectivity index (χ2v) is 6.27. The molecule has 1 saturated heterocycles. The van der Waals surface area contributed by atoms with Crippen molar-refractivity contribution in [3.8, 4) is 0 Å². The highest BCUT2D eigenvalue weighted by molar-refractivity contribution is 6.03. The Kier molecular flexibility index (Phi) is 5.58. The molecule has 0 spiro atoms. The van der Waals surface area contributed by atoms with Crippen LogP contribution in [0.1, 0.15) is 25.6 Å². The summed E-state index contributed by atoms with van der Waals surface area (Å²) < 4.78 is 13.2. The molecule has 0 bridgehead atoms. The molecule has 0 aliphatic carbocycles. The van der Waals surface area contributed by atoms with E-state index in [0.29, 0.717) is 29.0 Å². The fourth-order valence-corrected chi connectivity index (χ4v) is 3.28. The van der Waals surface area contributed by atoms with Crippen molar-refractivity contribution in [3.05, 3.63) is 18.1 Å². The van der Waals surface area contributed by atoms with Gasteiger partial charge in [-0.05, 0) is 13.8 Å². The summed E-state index contributed by atoms with van der Waals surface area (Å²) >= 11 is 0. The van der Waals surface area contributed by atoms with E-state index in [0.717, 1.165) is 0 Å². The first kappa shape index (κ1) is 19.5. The molecule has 11 heteroatoms. The maximum absolute atomic E-state index is 10.6. The van der Waals surface area contributed by atoms with Crippen molar-refractivity contribution >= 4 is 23.1 Å². The minimum atomic E-state index is -1.12. The Bertz CT molecular complexity index is 827. The number of aliphatic hydroxyl groups excluding tert-OH is 2. The number of aromatic nitrogens is 3. The molecule has 2 aromatic heterocycles. The predicted octanol–water partition coefficient (Wildman–Crippen LogP) is -0.257. The molecule has 148 valence electrons. The predicted molar refractivity (Wildman–Crippen MR) is 97.0 cm³/mol. The van der Waals surface area contributed by atoms with Gasteiger partial charge in [0.1, 0.15) is 29.8 Å². The van der Waals surface area contributed by atoms with Crippen LogP contribution < -0.4 is 11.3 Å². The van der Waals surface area contributed by atoms with Gasteiger partial charge in [-0.2, -0.15) is 5.10 Å². The van der Waals surface area contributed by atoms with Crippen LogP contribution >= 0.6 is 0 Å². The number of anilines is 1. The molecule has 0 radical (unpaired) electrons. The summed E-state index contributed by atoms with van der Waals surface area (Å²) in [7, 11) is 1.48. The number of ether oxygens (including phenoxy) is 2. The number of nitrogens with zero attached hydrogens (tertiary/aromatic N) is 4. The summed E-state index contributed by atoms with van der Waals surface area (Å²) in [6.45, 7) is 3.64. The third-order valence-electron chi connectivity index (χ3n) is 4.77. The van der Waals surface area contributed by atoms with Gasteiger partial charge in [0, 0.05) is 18.9 Å². The number of hydrogen-bond acceptors (Lipinski definition) is 10. The molecule has 2 aromatic rings. The van der Waals surface area contributed by atoms with Crippen molar-refractivity contribution in [3.63, 3.8) is 0 Å². The van der Waals surface area contributed by atoms with Crippen LogP contribution in [0, 0.1) is 0 Å². The van der Waals surface area contributed by atoms with E-state index in [9.17, 15) is 10.2 Å². The van der Waals surface area contributed by atoms with Crippen LogP contribution in [0.15, 0.2) is 17.6 Å². The molecule has 27 heavy (non-hydrogen) atoms. The van der Waals surface area contributed by atoms with Gasteiger partial charge in [0.25, 0.3) is 0 Å². The third-order valence-corrected chi connectivity index (χ3v) is 4.77. The molecule has 0 amide bonds. The van der Waals surface area contributed by atoms with Gasteiger partial charge < -0.3 is 30.1 Å². The highest BCUT2D eigenvalue weighted by Crippen LogP contribution is 2.42. The summed E-state index contributed by atoms with van der Waals surface area (Å²) in [5, 5.41) is 24.3. The molecule has 1 aliphatic heterocycles. The number of nitrogens with two attached hydrogens (primary N) is 1. The topological polar surface area (TPSA) is 149 Å². The Morgan fingerprint density at radius 3 is 2.93 bits per heavy atom. The quantitative estimate of drug-likeness (QED) is 0.289. The van der Waals surface area contributed by atoms with Crippen molar-refractivity contribution in [1.29, 1.82) is 0 Å². The van der Waals surface area contributed by atoms with Gasteiger partial charge in [-0.3, -0.25) is 4.84 Å². The SMILES string of the molecule is CCONc1ncnc2c1c(/C=N/N)cn2[C@@H]1OC(CO)C(O)C1(C)OC. The molecule has 0 aromatic carbocycles. The lowest BCUT2D eigenvalue weighted by atomic mass is 9.96. The van der Waals surface area contributed by atoms with Crippen LogP contribution in [0.25, 0.3) is 11.0 Å². The van der Waals surface area contributed by atoms with Gasteiger partial charge in [0.15, 0.2) is 12.0 Å². The van der Waals surface area contributed by atoms with E-state index < -0.39 is 24.0 Å². The molecule has 3 unspecified atom stereocenters. The summed E-state index contributed by atoms with van der Waals surface area (Å²) in [5.74, 6) is 5.79. The Morgan fingerprint density at radius 2 is 2.30 bits per heavy atom. The van der Waals surface area contributed by atoms with E-state index in [-0.39, 0.29) is 6.61 Å².